The third kappa shape index (κ3) is 7.04. The maximum absolute atomic E-state index is 15.5. The van der Waals surface area contributed by atoms with E-state index in [1.54, 1.807) is 41.3 Å². The van der Waals surface area contributed by atoms with E-state index in [9.17, 15) is 14.4 Å². The number of nitrogens with zero attached hydrogens (tertiary/aromatic N) is 3. The van der Waals surface area contributed by atoms with Crippen molar-refractivity contribution in [1.29, 1.82) is 0 Å². The Kier molecular flexibility index (Phi) is 9.32. The second-order valence-electron chi connectivity index (χ2n) is 8.97. The topological polar surface area (TPSA) is 94.2 Å². The summed E-state index contributed by atoms with van der Waals surface area (Å²) < 4.78 is 19.9. The van der Waals surface area contributed by atoms with E-state index in [4.69, 9.17) is 4.74 Å². The molecule has 3 atom stereocenters. The molecular weight excluding hydrogens is 693 g/mol. The van der Waals surface area contributed by atoms with Gasteiger partial charge in [0.05, 0.1) is 19.6 Å². The predicted octanol–water partition coefficient (Wildman–Crippen LogP) is 4.16. The molecule has 0 saturated carbocycles. The Morgan fingerprint density at radius 2 is 1.71 bits per heavy atom. The number of ether oxygens (including phenoxy) is 1. The highest BCUT2D eigenvalue weighted by Gasteiger charge is 2.42. The quantitative estimate of drug-likeness (QED) is 0.330. The predicted molar refractivity (Wildman–Crippen MR) is 154 cm³/mol. The number of carbonyl (C=O) groups excluding carboxylic acids is 3. The summed E-state index contributed by atoms with van der Waals surface area (Å²) >= 11 is 10.4. The number of hydrogen-bond acceptors (Lipinski definition) is 6. The molecule has 0 spiro atoms. The van der Waals surface area contributed by atoms with Gasteiger partial charge in [0.25, 0.3) is 5.91 Å². The number of piperazine rings is 1. The molecule has 2 unspecified atom stereocenters. The Balaban J connectivity index is 1.38. The van der Waals surface area contributed by atoms with Gasteiger partial charge in [0, 0.05) is 37.0 Å². The van der Waals surface area contributed by atoms with Crippen LogP contribution < -0.4 is 20.4 Å². The lowest BCUT2D eigenvalue weighted by molar-refractivity contribution is -0.119. The third-order valence-electron chi connectivity index (χ3n) is 6.28. The average molecular weight is 720 g/mol. The van der Waals surface area contributed by atoms with Crippen LogP contribution in [0.1, 0.15) is 17.3 Å². The summed E-state index contributed by atoms with van der Waals surface area (Å²) in [7, 11) is 0. The highest BCUT2D eigenvalue weighted by Crippen LogP contribution is 2.40. The minimum absolute atomic E-state index is 0.0880. The first-order valence-electron chi connectivity index (χ1n) is 11.9. The molecule has 0 radical (unpaired) electrons. The van der Waals surface area contributed by atoms with Crippen molar-refractivity contribution in [3.05, 3.63) is 60.2 Å². The van der Waals surface area contributed by atoms with Crippen LogP contribution in [-0.4, -0.2) is 76.2 Å². The lowest BCUT2D eigenvalue weighted by Gasteiger charge is -2.44. The molecule has 2 fully saturated rings. The second kappa shape index (κ2) is 12.3. The molecule has 2 aromatic carbocycles. The van der Waals surface area contributed by atoms with Crippen LogP contribution >= 0.6 is 47.8 Å². The molecule has 38 heavy (non-hydrogen) atoms. The van der Waals surface area contributed by atoms with E-state index in [1.165, 1.54) is 11.8 Å². The zero-order valence-corrected chi connectivity index (χ0v) is 25.2. The van der Waals surface area contributed by atoms with Crippen LogP contribution in [0.25, 0.3) is 0 Å². The fourth-order valence-electron chi connectivity index (χ4n) is 4.37. The van der Waals surface area contributed by atoms with Crippen LogP contribution in [0.15, 0.2) is 54.6 Å². The highest BCUT2D eigenvalue weighted by atomic mass is 80.0. The molecule has 0 aliphatic carbocycles. The molecule has 204 valence electrons. The Hall–Kier alpha value is -2.22. The van der Waals surface area contributed by atoms with Crippen molar-refractivity contribution in [2.24, 2.45) is 0 Å². The minimum Gasteiger partial charge on any atom is -0.442 e. The molecule has 2 N–H and O–H groups in total. The summed E-state index contributed by atoms with van der Waals surface area (Å²) in [5, 5.41) is 5.56. The lowest BCUT2D eigenvalue weighted by atomic mass is 10.2. The van der Waals surface area contributed by atoms with E-state index >= 15 is 4.39 Å². The summed E-state index contributed by atoms with van der Waals surface area (Å²) in [4.78, 5) is 41.2. The fraction of sp³-hybridized carbons (Fsp3) is 0.400. The van der Waals surface area contributed by atoms with Crippen LogP contribution in [0.5, 0.6) is 0 Å². The molecule has 9 nitrogen and oxygen atoms in total. The number of alkyl halides is 4. The van der Waals surface area contributed by atoms with Crippen LogP contribution in [0, 0.1) is 0 Å². The monoisotopic (exact) mass is 717 g/mol. The van der Waals surface area contributed by atoms with E-state index in [0.717, 1.165) is 5.69 Å². The van der Waals surface area contributed by atoms with Gasteiger partial charge >= 0.3 is 6.09 Å². The van der Waals surface area contributed by atoms with Crippen molar-refractivity contribution in [3.8, 4) is 0 Å². The van der Waals surface area contributed by atoms with Gasteiger partial charge in [0.15, 0.2) is 8.44 Å². The standard InChI is InChI=1S/C25H27Br3FN5O4/c1-16(35)30-13-20-14-34(24(37)38-20)19-9-7-18(8-10-19)32-11-12-33(21(29)15-32)23(25(26,27)28)31-22(36)17-5-3-2-4-6-17/h2-10,20-21,23H,11-15H2,1H3,(H,30,35)(H,31,36)/t20?,21?,23-/m1/s1. The van der Waals surface area contributed by atoms with Gasteiger partial charge in [-0.2, -0.15) is 0 Å². The first-order valence-corrected chi connectivity index (χ1v) is 14.3. The van der Waals surface area contributed by atoms with Crippen molar-refractivity contribution < 1.29 is 23.5 Å². The van der Waals surface area contributed by atoms with Gasteiger partial charge in [-0.05, 0) is 36.4 Å². The van der Waals surface area contributed by atoms with E-state index in [0.29, 0.717) is 30.9 Å². The summed E-state index contributed by atoms with van der Waals surface area (Å²) in [6.45, 7) is 2.94. The number of anilines is 2. The third-order valence-corrected chi connectivity index (χ3v) is 7.58. The fourth-order valence-corrected chi connectivity index (χ4v) is 5.50. The number of hydrogen-bond donors (Lipinski definition) is 2. The molecule has 2 heterocycles. The van der Waals surface area contributed by atoms with Crippen LogP contribution in [-0.2, 0) is 9.53 Å². The van der Waals surface area contributed by atoms with E-state index in [1.807, 2.05) is 23.1 Å². The molecule has 2 aliphatic heterocycles. The number of rotatable bonds is 7. The van der Waals surface area contributed by atoms with Gasteiger partial charge in [-0.25, -0.2) is 14.1 Å². The molecule has 3 amide bonds. The zero-order valence-electron chi connectivity index (χ0n) is 20.5. The molecule has 0 bridgehead atoms. The Morgan fingerprint density at radius 3 is 2.32 bits per heavy atom. The molecule has 13 heteroatoms. The van der Waals surface area contributed by atoms with Crippen LogP contribution in [0.4, 0.5) is 20.6 Å². The van der Waals surface area contributed by atoms with Crippen molar-refractivity contribution in [2.75, 3.05) is 42.5 Å². The maximum Gasteiger partial charge on any atom is 0.414 e. The summed E-state index contributed by atoms with van der Waals surface area (Å²) in [6.07, 6.45) is -3.01. The minimum atomic E-state index is -1.38. The molecule has 0 aromatic heterocycles. The molecular formula is C25H27Br3FN5O4. The van der Waals surface area contributed by atoms with Gasteiger partial charge in [-0.1, -0.05) is 66.0 Å². The first-order chi connectivity index (χ1) is 18.0. The van der Waals surface area contributed by atoms with Crippen LogP contribution in [0.3, 0.4) is 0 Å². The number of benzene rings is 2. The summed E-state index contributed by atoms with van der Waals surface area (Å²) in [5.41, 5.74) is 1.95. The van der Waals surface area contributed by atoms with Gasteiger partial charge in [-0.3, -0.25) is 14.5 Å². The maximum atomic E-state index is 15.5. The van der Waals surface area contributed by atoms with Gasteiger partial charge in [0.2, 0.25) is 5.91 Å². The number of halogens is 4. The Labute approximate surface area is 245 Å². The average Bonchev–Trinajstić information content (AvgIpc) is 3.26. The zero-order chi connectivity index (χ0) is 27.4. The highest BCUT2D eigenvalue weighted by molar-refractivity contribution is 9.39. The number of amides is 3. The lowest BCUT2D eigenvalue weighted by Crippen LogP contribution is -2.63. The van der Waals surface area contributed by atoms with E-state index < -0.39 is 26.8 Å². The van der Waals surface area contributed by atoms with E-state index in [2.05, 4.69) is 58.4 Å². The largest absolute Gasteiger partial charge is 0.442 e. The molecule has 2 saturated heterocycles. The number of cyclic esters (lactones) is 1. The summed E-state index contributed by atoms with van der Waals surface area (Å²) in [5.74, 6) is -0.502. The molecule has 4 rings (SSSR count). The van der Waals surface area contributed by atoms with Gasteiger partial charge < -0.3 is 20.3 Å². The Morgan fingerprint density at radius 1 is 1.05 bits per heavy atom. The smallest absolute Gasteiger partial charge is 0.414 e. The number of carbonyl (C=O) groups is 3. The summed E-state index contributed by atoms with van der Waals surface area (Å²) in [6, 6.07) is 16.0. The van der Waals surface area contributed by atoms with Crippen molar-refractivity contribution in [2.45, 2.75) is 27.6 Å². The number of nitrogens with one attached hydrogen (secondary N) is 2. The normalized spacial score (nSPS) is 21.1. The van der Waals surface area contributed by atoms with Crippen molar-refractivity contribution in [3.63, 3.8) is 0 Å². The van der Waals surface area contributed by atoms with Gasteiger partial charge in [0.1, 0.15) is 12.3 Å². The second-order valence-corrected chi connectivity index (χ2v) is 15.9. The molecule has 2 aromatic rings. The van der Waals surface area contributed by atoms with Crippen molar-refractivity contribution >= 4 is 77.1 Å². The van der Waals surface area contributed by atoms with Gasteiger partial charge in [-0.15, -0.1) is 0 Å². The van der Waals surface area contributed by atoms with Crippen molar-refractivity contribution in [1.82, 2.24) is 15.5 Å². The SMILES string of the molecule is CC(=O)NCC1CN(c2ccc(N3CCN([C@@H](NC(=O)c4ccccc4)C(Br)(Br)Br)C(F)C3)cc2)C(=O)O1. The molecule has 2 aliphatic rings. The Bertz CT molecular complexity index is 1150. The first kappa shape index (κ1) is 28.8. The van der Waals surface area contributed by atoms with E-state index in [-0.39, 0.29) is 24.9 Å². The van der Waals surface area contributed by atoms with Crippen LogP contribution in [0.2, 0.25) is 0 Å².